The lowest BCUT2D eigenvalue weighted by Gasteiger charge is -2.41. The first-order valence-electron chi connectivity index (χ1n) is 8.70. The monoisotopic (exact) mass is 374 g/mol. The molecule has 7 nitrogen and oxygen atoms in total. The van der Waals surface area contributed by atoms with Gasteiger partial charge in [0.15, 0.2) is 0 Å². The first kappa shape index (κ1) is 17.4. The summed E-state index contributed by atoms with van der Waals surface area (Å²) in [6.07, 6.45) is 6.74. The molecule has 0 aliphatic carbocycles. The minimum Gasteiger partial charge on any atom is -0.469 e. The lowest BCUT2D eigenvalue weighted by atomic mass is 9.90. The minimum atomic E-state index is -3.57. The Morgan fingerprint density at radius 3 is 2.69 bits per heavy atom. The summed E-state index contributed by atoms with van der Waals surface area (Å²) < 4.78 is 33.1. The molecule has 0 radical (unpaired) electrons. The van der Waals surface area contributed by atoms with Gasteiger partial charge in [-0.1, -0.05) is 6.07 Å². The van der Waals surface area contributed by atoms with Crippen molar-refractivity contribution in [3.63, 3.8) is 0 Å². The number of pyridine rings is 2. The molecule has 2 aromatic rings. The van der Waals surface area contributed by atoms with Crippen molar-refractivity contribution >= 4 is 10.0 Å². The number of piperidine rings is 1. The van der Waals surface area contributed by atoms with E-state index in [1.54, 1.807) is 31.6 Å². The van der Waals surface area contributed by atoms with Crippen molar-refractivity contribution < 1.29 is 13.2 Å². The molecule has 0 unspecified atom stereocenters. The zero-order valence-electron chi connectivity index (χ0n) is 14.7. The van der Waals surface area contributed by atoms with E-state index in [1.807, 2.05) is 12.3 Å². The van der Waals surface area contributed by atoms with E-state index in [0.29, 0.717) is 6.54 Å². The van der Waals surface area contributed by atoms with Crippen LogP contribution >= 0.6 is 0 Å². The second-order valence-electron chi connectivity index (χ2n) is 6.99. The highest BCUT2D eigenvalue weighted by atomic mass is 32.2. The standard InChI is InChI=1S/C18H22N4O3S/c1-21-14-18(25-17-16(26(21,23)24)5-3-9-20-17)6-10-22(11-7-18)13-15-4-2-8-19-12-15/h2-5,8-9,12H,6-7,10-11,13-14H2,1H3. The molecule has 2 aliphatic rings. The van der Waals surface area contributed by atoms with Gasteiger partial charge in [-0.25, -0.2) is 13.4 Å². The maximum Gasteiger partial charge on any atom is 0.248 e. The molecular weight excluding hydrogens is 352 g/mol. The van der Waals surface area contributed by atoms with Crippen LogP contribution < -0.4 is 4.74 Å². The average Bonchev–Trinajstić information content (AvgIpc) is 2.72. The number of nitrogens with zero attached hydrogens (tertiary/aromatic N) is 4. The second-order valence-corrected chi connectivity index (χ2v) is 9.00. The van der Waals surface area contributed by atoms with Gasteiger partial charge in [-0.2, -0.15) is 4.31 Å². The van der Waals surface area contributed by atoms with Crippen molar-refractivity contribution in [3.05, 3.63) is 48.4 Å². The lowest BCUT2D eigenvalue weighted by molar-refractivity contribution is -0.0120. The van der Waals surface area contributed by atoms with Crippen LogP contribution in [0.5, 0.6) is 5.88 Å². The predicted molar refractivity (Wildman–Crippen MR) is 96.2 cm³/mol. The lowest BCUT2D eigenvalue weighted by Crippen LogP contribution is -2.53. The Morgan fingerprint density at radius 2 is 1.96 bits per heavy atom. The largest absolute Gasteiger partial charge is 0.469 e. The number of rotatable bonds is 2. The topological polar surface area (TPSA) is 75.6 Å². The van der Waals surface area contributed by atoms with Gasteiger partial charge in [0.05, 0.1) is 6.54 Å². The molecule has 2 aromatic heterocycles. The molecule has 138 valence electrons. The molecule has 4 heterocycles. The number of ether oxygens (including phenoxy) is 1. The molecule has 8 heteroatoms. The number of hydrogen-bond acceptors (Lipinski definition) is 6. The van der Waals surface area contributed by atoms with Crippen molar-refractivity contribution in [3.8, 4) is 5.88 Å². The van der Waals surface area contributed by atoms with Gasteiger partial charge in [-0.15, -0.1) is 0 Å². The first-order chi connectivity index (χ1) is 12.5. The summed E-state index contributed by atoms with van der Waals surface area (Å²) in [5.74, 6) is 0.220. The summed E-state index contributed by atoms with van der Waals surface area (Å²) in [5, 5.41) is 0. The van der Waals surface area contributed by atoms with E-state index >= 15 is 0 Å². The summed E-state index contributed by atoms with van der Waals surface area (Å²) in [6.45, 7) is 2.86. The summed E-state index contributed by atoms with van der Waals surface area (Å²) in [4.78, 5) is 10.9. The average molecular weight is 374 g/mol. The number of fused-ring (bicyclic) bond motifs is 1. The third-order valence-electron chi connectivity index (χ3n) is 5.14. The van der Waals surface area contributed by atoms with Gasteiger partial charge >= 0.3 is 0 Å². The summed E-state index contributed by atoms with van der Waals surface area (Å²) >= 11 is 0. The number of likely N-dealkylation sites (N-methyl/N-ethyl adjacent to an activating group) is 1. The van der Waals surface area contributed by atoms with Crippen LogP contribution in [0, 0.1) is 0 Å². The molecule has 0 atom stereocenters. The smallest absolute Gasteiger partial charge is 0.248 e. The Labute approximate surface area is 153 Å². The Bertz CT molecular complexity index is 880. The van der Waals surface area contributed by atoms with Crippen LogP contribution in [0.2, 0.25) is 0 Å². The van der Waals surface area contributed by atoms with E-state index in [2.05, 4.69) is 20.9 Å². The summed E-state index contributed by atoms with van der Waals surface area (Å²) in [7, 11) is -1.96. The van der Waals surface area contributed by atoms with Crippen LogP contribution in [0.15, 0.2) is 47.8 Å². The Kier molecular flexibility index (Phi) is 4.42. The molecule has 4 rings (SSSR count). The minimum absolute atomic E-state index is 0.150. The van der Waals surface area contributed by atoms with Gasteiger partial charge in [-0.05, 0) is 23.8 Å². The van der Waals surface area contributed by atoms with E-state index in [-0.39, 0.29) is 10.8 Å². The number of likely N-dealkylation sites (tertiary alicyclic amines) is 1. The van der Waals surface area contributed by atoms with E-state index in [0.717, 1.165) is 32.5 Å². The fourth-order valence-corrected chi connectivity index (χ4v) is 4.98. The zero-order chi connectivity index (χ0) is 18.2. The Hall–Kier alpha value is -2.03. The van der Waals surface area contributed by atoms with Gasteiger partial charge in [0, 0.05) is 58.1 Å². The van der Waals surface area contributed by atoms with E-state index < -0.39 is 15.6 Å². The van der Waals surface area contributed by atoms with Crippen LogP contribution in [0.4, 0.5) is 0 Å². The van der Waals surface area contributed by atoms with E-state index in [1.165, 1.54) is 9.87 Å². The van der Waals surface area contributed by atoms with Crippen molar-refractivity contribution in [2.24, 2.45) is 0 Å². The van der Waals surface area contributed by atoms with E-state index in [9.17, 15) is 8.42 Å². The van der Waals surface area contributed by atoms with Crippen molar-refractivity contribution in [1.82, 2.24) is 19.2 Å². The third kappa shape index (κ3) is 3.20. The number of hydrogen-bond donors (Lipinski definition) is 0. The summed E-state index contributed by atoms with van der Waals surface area (Å²) in [5.41, 5.74) is 0.643. The highest BCUT2D eigenvalue weighted by molar-refractivity contribution is 7.89. The molecule has 0 aromatic carbocycles. The molecule has 1 fully saturated rings. The number of aromatic nitrogens is 2. The second kappa shape index (κ2) is 6.61. The van der Waals surface area contributed by atoms with Gasteiger partial charge in [0.25, 0.3) is 0 Å². The Morgan fingerprint density at radius 1 is 1.19 bits per heavy atom. The van der Waals surface area contributed by atoms with Crippen LogP contribution in [-0.4, -0.2) is 59.9 Å². The highest BCUT2D eigenvalue weighted by Crippen LogP contribution is 2.37. The molecule has 0 amide bonds. The van der Waals surface area contributed by atoms with Crippen LogP contribution in [-0.2, 0) is 16.6 Å². The molecule has 1 spiro atoms. The SMILES string of the molecule is CN1CC2(CCN(Cc3cccnc3)CC2)Oc2ncccc2S1(=O)=O. The fourth-order valence-electron chi connectivity index (χ4n) is 3.67. The van der Waals surface area contributed by atoms with E-state index in [4.69, 9.17) is 4.74 Å². The maximum absolute atomic E-state index is 12.7. The van der Waals surface area contributed by atoms with Crippen molar-refractivity contribution in [2.45, 2.75) is 29.9 Å². The van der Waals surface area contributed by atoms with Crippen molar-refractivity contribution in [1.29, 1.82) is 0 Å². The van der Waals surface area contributed by atoms with Crippen LogP contribution in [0.1, 0.15) is 18.4 Å². The van der Waals surface area contributed by atoms with Gasteiger partial charge in [0.2, 0.25) is 15.9 Å². The molecule has 0 N–H and O–H groups in total. The number of sulfonamides is 1. The van der Waals surface area contributed by atoms with Crippen molar-refractivity contribution in [2.75, 3.05) is 26.7 Å². The molecule has 2 aliphatic heterocycles. The van der Waals surface area contributed by atoms with Gasteiger partial charge in [0.1, 0.15) is 10.5 Å². The predicted octanol–water partition coefficient (Wildman–Crippen LogP) is 1.52. The van der Waals surface area contributed by atoms with Crippen LogP contribution in [0.3, 0.4) is 0 Å². The van der Waals surface area contributed by atoms with Gasteiger partial charge in [-0.3, -0.25) is 9.88 Å². The highest BCUT2D eigenvalue weighted by Gasteiger charge is 2.44. The normalized spacial score (nSPS) is 22.3. The van der Waals surface area contributed by atoms with Gasteiger partial charge < -0.3 is 4.74 Å². The zero-order valence-corrected chi connectivity index (χ0v) is 15.5. The molecule has 26 heavy (non-hydrogen) atoms. The maximum atomic E-state index is 12.7. The summed E-state index contributed by atoms with van der Waals surface area (Å²) in [6, 6.07) is 7.20. The molecule has 1 saturated heterocycles. The molecule has 0 bridgehead atoms. The first-order valence-corrected chi connectivity index (χ1v) is 10.1. The quantitative estimate of drug-likeness (QED) is 0.793. The third-order valence-corrected chi connectivity index (χ3v) is 6.96. The molecular formula is C18H22N4O3S. The fraction of sp³-hybridized carbons (Fsp3) is 0.444. The van der Waals surface area contributed by atoms with Crippen LogP contribution in [0.25, 0.3) is 0 Å². The Balaban J connectivity index is 1.54. The molecule has 0 saturated carbocycles.